The topological polar surface area (TPSA) is 70.1 Å². The molecule has 3 heterocycles. The molecule has 6 nitrogen and oxygen atoms in total. The molecule has 3 aliphatic rings. The number of rotatable bonds is 6. The van der Waals surface area contributed by atoms with Gasteiger partial charge >= 0.3 is 6.61 Å². The first-order valence-corrected chi connectivity index (χ1v) is 11.4. The van der Waals surface area contributed by atoms with Crippen LogP contribution in [0.2, 0.25) is 0 Å². The molecule has 3 saturated heterocycles. The molecule has 0 amide bonds. The Kier molecular flexibility index (Phi) is 5.16. The zero-order valence-electron chi connectivity index (χ0n) is 16.7. The van der Waals surface area contributed by atoms with Crippen LogP contribution in [0.4, 0.5) is 8.78 Å². The Morgan fingerprint density at radius 2 is 1.72 bits per heavy atom. The van der Waals surface area contributed by atoms with Gasteiger partial charge in [0.05, 0.1) is 10.5 Å². The predicted molar refractivity (Wildman–Crippen MR) is 103 cm³/mol. The molecule has 0 aromatic heterocycles. The summed E-state index contributed by atoms with van der Waals surface area (Å²) in [5.41, 5.74) is -0.728. The van der Waals surface area contributed by atoms with Gasteiger partial charge in [-0.15, -0.1) is 0 Å². The first kappa shape index (κ1) is 21.0. The third-order valence-electron chi connectivity index (χ3n) is 6.39. The van der Waals surface area contributed by atoms with Gasteiger partial charge in [0.1, 0.15) is 5.75 Å². The van der Waals surface area contributed by atoms with Crippen molar-refractivity contribution in [1.82, 2.24) is 9.21 Å². The summed E-state index contributed by atoms with van der Waals surface area (Å²) in [5.74, 6) is -0.0604. The van der Waals surface area contributed by atoms with Crippen molar-refractivity contribution < 1.29 is 27.0 Å². The molecule has 3 aliphatic heterocycles. The van der Waals surface area contributed by atoms with Gasteiger partial charge in [-0.1, -0.05) is 0 Å². The number of halogens is 2. The Bertz CT molecular complexity index is 832. The third-order valence-corrected chi connectivity index (χ3v) is 8.19. The van der Waals surface area contributed by atoms with Gasteiger partial charge in [-0.05, 0) is 63.8 Å². The van der Waals surface area contributed by atoms with E-state index in [0.29, 0.717) is 31.7 Å². The van der Waals surface area contributed by atoms with E-state index in [-0.39, 0.29) is 16.1 Å². The molecular formula is C20H28F2N2O4S. The minimum absolute atomic E-state index is 0.00767. The monoisotopic (exact) mass is 430 g/mol. The van der Waals surface area contributed by atoms with Crippen molar-refractivity contribution >= 4 is 10.0 Å². The minimum Gasteiger partial charge on any atom is -0.435 e. The first-order valence-electron chi connectivity index (χ1n) is 10.0. The van der Waals surface area contributed by atoms with Gasteiger partial charge in [-0.2, -0.15) is 13.1 Å². The number of alkyl halides is 2. The van der Waals surface area contributed by atoms with Gasteiger partial charge in [-0.25, -0.2) is 8.42 Å². The molecule has 162 valence electrons. The van der Waals surface area contributed by atoms with Crippen LogP contribution in [-0.2, 0) is 10.0 Å². The Morgan fingerprint density at radius 1 is 1.17 bits per heavy atom. The number of hydrogen-bond donors (Lipinski definition) is 1. The van der Waals surface area contributed by atoms with Crippen LogP contribution in [0.1, 0.15) is 39.5 Å². The lowest BCUT2D eigenvalue weighted by molar-refractivity contribution is -0.0612. The second kappa shape index (κ2) is 7.14. The van der Waals surface area contributed by atoms with Crippen LogP contribution in [0.15, 0.2) is 29.2 Å². The van der Waals surface area contributed by atoms with Crippen LogP contribution in [0.25, 0.3) is 0 Å². The van der Waals surface area contributed by atoms with Crippen LogP contribution in [-0.4, -0.2) is 66.7 Å². The Hall–Kier alpha value is -1.29. The van der Waals surface area contributed by atoms with E-state index in [9.17, 15) is 22.3 Å². The molecule has 9 heteroatoms. The lowest BCUT2D eigenvalue weighted by Gasteiger charge is -2.56. The van der Waals surface area contributed by atoms with Gasteiger partial charge in [0.15, 0.2) is 0 Å². The van der Waals surface area contributed by atoms with E-state index in [1.54, 1.807) is 0 Å². The van der Waals surface area contributed by atoms with E-state index in [1.807, 2.05) is 13.8 Å². The summed E-state index contributed by atoms with van der Waals surface area (Å²) >= 11 is 0. The van der Waals surface area contributed by atoms with E-state index in [1.165, 1.54) is 28.6 Å². The standard InChI is InChI=1S/C20H28F2N2O4S/c1-19(2,25)11-24-14-3-4-15(24)10-20(9-14)12-23(13-20)29(26,27)17-7-5-16(6-8-17)28-18(21)22/h5-8,14-15,18,25H,3-4,9-13H2,1-2H3. The highest BCUT2D eigenvalue weighted by atomic mass is 32.2. The second-order valence-corrected chi connectivity index (χ2v) is 11.3. The quantitative estimate of drug-likeness (QED) is 0.752. The molecule has 2 atom stereocenters. The number of ether oxygens (including phenoxy) is 1. The third kappa shape index (κ3) is 4.15. The molecule has 3 fully saturated rings. The van der Waals surface area contributed by atoms with Crippen LogP contribution in [0, 0.1) is 5.41 Å². The maximum absolute atomic E-state index is 12.9. The maximum atomic E-state index is 12.9. The normalized spacial score (nSPS) is 27.4. The summed E-state index contributed by atoms with van der Waals surface area (Å²) in [6.45, 7) is 2.35. The number of sulfonamides is 1. The van der Waals surface area contributed by atoms with Crippen LogP contribution in [0.3, 0.4) is 0 Å². The van der Waals surface area contributed by atoms with Gasteiger partial charge in [0.2, 0.25) is 10.0 Å². The fourth-order valence-corrected chi connectivity index (χ4v) is 6.98. The molecule has 1 N–H and O–H groups in total. The molecule has 1 spiro atoms. The zero-order valence-corrected chi connectivity index (χ0v) is 17.5. The van der Waals surface area contributed by atoms with E-state index in [4.69, 9.17) is 0 Å². The summed E-state index contributed by atoms with van der Waals surface area (Å²) in [6.07, 6.45) is 4.10. The fourth-order valence-electron chi connectivity index (χ4n) is 5.31. The predicted octanol–water partition coefficient (Wildman–Crippen LogP) is 2.68. The number of nitrogens with zero attached hydrogens (tertiary/aromatic N) is 2. The average molecular weight is 431 g/mol. The van der Waals surface area contributed by atoms with Crippen molar-refractivity contribution in [2.45, 2.75) is 68.7 Å². The maximum Gasteiger partial charge on any atom is 0.387 e. The molecule has 29 heavy (non-hydrogen) atoms. The molecule has 2 bridgehead atoms. The van der Waals surface area contributed by atoms with Crippen LogP contribution in [0.5, 0.6) is 5.75 Å². The molecular weight excluding hydrogens is 402 g/mol. The first-order chi connectivity index (χ1) is 13.5. The largest absolute Gasteiger partial charge is 0.435 e. The van der Waals surface area contributed by atoms with E-state index in [2.05, 4.69) is 9.64 Å². The summed E-state index contributed by atoms with van der Waals surface area (Å²) in [6, 6.07) is 5.93. The lowest BCUT2D eigenvalue weighted by atomic mass is 9.70. The smallest absolute Gasteiger partial charge is 0.387 e. The molecule has 0 aliphatic carbocycles. The number of hydrogen-bond acceptors (Lipinski definition) is 5. The van der Waals surface area contributed by atoms with E-state index >= 15 is 0 Å². The molecule has 0 radical (unpaired) electrons. The Morgan fingerprint density at radius 3 is 2.21 bits per heavy atom. The minimum atomic E-state index is -3.64. The van der Waals surface area contributed by atoms with Crippen LogP contribution >= 0.6 is 0 Å². The van der Waals surface area contributed by atoms with Gasteiger partial charge < -0.3 is 9.84 Å². The highest BCUT2D eigenvalue weighted by Gasteiger charge is 2.56. The average Bonchev–Trinajstić information content (AvgIpc) is 2.81. The molecule has 0 saturated carbocycles. The van der Waals surface area contributed by atoms with Crippen molar-refractivity contribution in [3.8, 4) is 5.75 Å². The van der Waals surface area contributed by atoms with Crippen molar-refractivity contribution in [2.24, 2.45) is 5.41 Å². The number of aliphatic hydroxyl groups is 1. The highest BCUT2D eigenvalue weighted by Crippen LogP contribution is 2.51. The van der Waals surface area contributed by atoms with E-state index in [0.717, 1.165) is 25.7 Å². The highest BCUT2D eigenvalue weighted by molar-refractivity contribution is 7.89. The van der Waals surface area contributed by atoms with Crippen LogP contribution < -0.4 is 4.74 Å². The number of fused-ring (bicyclic) bond motifs is 2. The zero-order chi connectivity index (χ0) is 21.0. The van der Waals surface area contributed by atoms with Crippen molar-refractivity contribution in [3.05, 3.63) is 24.3 Å². The van der Waals surface area contributed by atoms with Crippen molar-refractivity contribution in [3.63, 3.8) is 0 Å². The molecule has 2 unspecified atom stereocenters. The second-order valence-electron chi connectivity index (χ2n) is 9.40. The summed E-state index contributed by atoms with van der Waals surface area (Å²) in [5, 5.41) is 10.2. The molecule has 1 aromatic rings. The number of benzene rings is 1. The molecule has 1 aromatic carbocycles. The van der Waals surface area contributed by atoms with Gasteiger partial charge in [0.25, 0.3) is 0 Å². The lowest BCUT2D eigenvalue weighted by Crippen LogP contribution is -2.64. The SMILES string of the molecule is CC(C)(O)CN1C2CCC1CC1(C2)CN(S(=O)(=O)c2ccc(OC(F)F)cc2)C1. The van der Waals surface area contributed by atoms with Gasteiger partial charge in [0, 0.05) is 37.1 Å². The number of piperidine rings is 1. The molecule has 4 rings (SSSR count). The Labute approximate surface area is 170 Å². The van der Waals surface area contributed by atoms with Crippen molar-refractivity contribution in [2.75, 3.05) is 19.6 Å². The summed E-state index contributed by atoms with van der Waals surface area (Å²) in [4.78, 5) is 2.50. The van der Waals surface area contributed by atoms with E-state index < -0.39 is 22.2 Å². The fraction of sp³-hybridized carbons (Fsp3) is 0.700. The summed E-state index contributed by atoms with van der Waals surface area (Å²) < 4.78 is 56.1. The Balaban J connectivity index is 1.41. The summed E-state index contributed by atoms with van der Waals surface area (Å²) in [7, 11) is -3.64. The van der Waals surface area contributed by atoms with Crippen molar-refractivity contribution in [1.29, 1.82) is 0 Å². The van der Waals surface area contributed by atoms with Gasteiger partial charge in [-0.3, -0.25) is 4.90 Å².